The first-order valence-corrected chi connectivity index (χ1v) is 10.5. The van der Waals surface area contributed by atoms with Gasteiger partial charge in [-0.3, -0.25) is 9.59 Å². The van der Waals surface area contributed by atoms with Crippen molar-refractivity contribution in [2.75, 3.05) is 19.5 Å². The van der Waals surface area contributed by atoms with E-state index < -0.39 is 5.92 Å². The molecular weight excluding hydrogens is 408 g/mol. The van der Waals surface area contributed by atoms with E-state index in [4.69, 9.17) is 9.47 Å². The lowest BCUT2D eigenvalue weighted by Gasteiger charge is -2.34. The number of aromatic hydroxyl groups is 1. The van der Waals surface area contributed by atoms with Crippen LogP contribution in [0.3, 0.4) is 0 Å². The predicted octanol–water partition coefficient (Wildman–Crippen LogP) is 4.02. The van der Waals surface area contributed by atoms with E-state index in [1.165, 1.54) is 13.2 Å². The molecule has 7 nitrogen and oxygen atoms in total. The Morgan fingerprint density at radius 3 is 2.59 bits per heavy atom. The fraction of sp³-hybridized carbons (Fsp3) is 0.280. The zero-order valence-corrected chi connectivity index (χ0v) is 18.3. The largest absolute Gasteiger partial charge is 0.504 e. The third-order valence-corrected chi connectivity index (χ3v) is 5.91. The molecule has 1 aliphatic heterocycles. The molecule has 2 aromatic rings. The second-order valence-corrected chi connectivity index (χ2v) is 7.85. The van der Waals surface area contributed by atoms with Crippen LogP contribution in [0.5, 0.6) is 17.2 Å². The van der Waals surface area contributed by atoms with Gasteiger partial charge in [0.25, 0.3) is 5.91 Å². The summed E-state index contributed by atoms with van der Waals surface area (Å²) in [7, 11) is 3.01. The van der Waals surface area contributed by atoms with Gasteiger partial charge in [-0.15, -0.1) is 0 Å². The number of hydrogen-bond acceptors (Lipinski definition) is 6. The lowest BCUT2D eigenvalue weighted by atomic mass is 9.75. The van der Waals surface area contributed by atoms with Gasteiger partial charge in [-0.2, -0.15) is 0 Å². The number of ketones is 1. The molecule has 0 aromatic heterocycles. The molecule has 1 atom stereocenters. The summed E-state index contributed by atoms with van der Waals surface area (Å²) in [5.74, 6) is -0.0707. The molecule has 0 spiro atoms. The van der Waals surface area contributed by atoms with Crippen molar-refractivity contribution in [1.82, 2.24) is 5.32 Å². The fourth-order valence-electron chi connectivity index (χ4n) is 4.43. The van der Waals surface area contributed by atoms with Gasteiger partial charge in [0.1, 0.15) is 5.75 Å². The monoisotopic (exact) mass is 434 g/mol. The van der Waals surface area contributed by atoms with Crippen molar-refractivity contribution >= 4 is 17.4 Å². The fourth-order valence-corrected chi connectivity index (χ4v) is 4.43. The summed E-state index contributed by atoms with van der Waals surface area (Å²) >= 11 is 0. The molecule has 2 aromatic carbocycles. The summed E-state index contributed by atoms with van der Waals surface area (Å²) in [6.45, 7) is 1.84. The van der Waals surface area contributed by atoms with Crippen molar-refractivity contribution in [2.45, 2.75) is 32.1 Å². The average molecular weight is 434 g/mol. The van der Waals surface area contributed by atoms with E-state index in [0.717, 1.165) is 18.5 Å². The van der Waals surface area contributed by atoms with Crippen LogP contribution in [0.1, 0.15) is 37.7 Å². The molecule has 1 heterocycles. The minimum Gasteiger partial charge on any atom is -0.504 e. The Kier molecular flexibility index (Phi) is 5.90. The number of para-hydroxylation sites is 2. The maximum atomic E-state index is 13.6. The minimum atomic E-state index is -0.580. The van der Waals surface area contributed by atoms with E-state index in [1.54, 1.807) is 31.4 Å². The molecule has 32 heavy (non-hydrogen) atoms. The number of benzene rings is 2. The van der Waals surface area contributed by atoms with Crippen molar-refractivity contribution < 1.29 is 24.2 Å². The molecule has 0 fully saturated rings. The zero-order valence-electron chi connectivity index (χ0n) is 18.3. The molecule has 3 N–H and O–H groups in total. The number of phenolic OH excluding ortho intramolecular Hbond substituents is 1. The lowest BCUT2D eigenvalue weighted by molar-refractivity contribution is -0.116. The molecule has 4 rings (SSSR count). The smallest absolute Gasteiger partial charge is 0.254 e. The number of rotatable bonds is 5. The Morgan fingerprint density at radius 1 is 1.09 bits per heavy atom. The highest BCUT2D eigenvalue weighted by Gasteiger charge is 2.38. The number of Topliss-reactive ketones (excluding diaryl/α,β-unsaturated/α-hetero) is 1. The van der Waals surface area contributed by atoms with Crippen molar-refractivity contribution in [1.29, 1.82) is 0 Å². The summed E-state index contributed by atoms with van der Waals surface area (Å²) in [6.07, 6.45) is 1.95. The molecule has 1 unspecified atom stereocenters. The van der Waals surface area contributed by atoms with Crippen LogP contribution in [0.4, 0.5) is 5.69 Å². The first kappa shape index (κ1) is 21.5. The minimum absolute atomic E-state index is 0.00455. The second-order valence-electron chi connectivity index (χ2n) is 7.85. The Labute approximate surface area is 186 Å². The molecule has 0 saturated carbocycles. The Bertz CT molecular complexity index is 1150. The SMILES string of the molecule is COc1cc(C2C(C(=O)Nc3ccccc3OC)=C(C)NC3=C2C(=O)CCC3)ccc1O. The number of allylic oxidation sites excluding steroid dienone is 3. The number of carbonyl (C=O) groups is 2. The van der Waals surface area contributed by atoms with Crippen LogP contribution in [0.25, 0.3) is 0 Å². The molecule has 166 valence electrons. The predicted molar refractivity (Wildman–Crippen MR) is 121 cm³/mol. The van der Waals surface area contributed by atoms with E-state index in [0.29, 0.717) is 40.3 Å². The quantitative estimate of drug-likeness (QED) is 0.658. The van der Waals surface area contributed by atoms with Gasteiger partial charge in [-0.1, -0.05) is 18.2 Å². The van der Waals surface area contributed by atoms with Gasteiger partial charge < -0.3 is 25.2 Å². The van der Waals surface area contributed by atoms with Gasteiger partial charge >= 0.3 is 0 Å². The summed E-state index contributed by atoms with van der Waals surface area (Å²) in [6, 6.07) is 12.1. The Hall–Kier alpha value is -3.74. The topological polar surface area (TPSA) is 96.9 Å². The molecule has 2 aliphatic rings. The molecule has 0 radical (unpaired) electrons. The number of dihydropyridines is 1. The van der Waals surface area contributed by atoms with Crippen molar-refractivity contribution in [3.63, 3.8) is 0 Å². The number of nitrogens with one attached hydrogen (secondary N) is 2. The van der Waals surface area contributed by atoms with Gasteiger partial charge in [0, 0.05) is 34.9 Å². The van der Waals surface area contributed by atoms with Crippen molar-refractivity contribution in [2.24, 2.45) is 0 Å². The number of methoxy groups -OCH3 is 2. The van der Waals surface area contributed by atoms with E-state index in [-0.39, 0.29) is 23.2 Å². The Balaban J connectivity index is 1.82. The maximum Gasteiger partial charge on any atom is 0.254 e. The third kappa shape index (κ3) is 3.82. The molecule has 0 bridgehead atoms. The number of ether oxygens (including phenoxy) is 2. The first-order chi connectivity index (χ1) is 15.4. The van der Waals surface area contributed by atoms with Crippen LogP contribution in [-0.4, -0.2) is 31.0 Å². The van der Waals surface area contributed by atoms with E-state index in [1.807, 2.05) is 19.1 Å². The molecule has 1 amide bonds. The van der Waals surface area contributed by atoms with E-state index >= 15 is 0 Å². The highest BCUT2D eigenvalue weighted by Crippen LogP contribution is 2.44. The summed E-state index contributed by atoms with van der Waals surface area (Å²) in [4.78, 5) is 26.6. The van der Waals surface area contributed by atoms with Gasteiger partial charge in [-0.25, -0.2) is 0 Å². The second kappa shape index (κ2) is 8.78. The van der Waals surface area contributed by atoms with Gasteiger partial charge in [0.2, 0.25) is 0 Å². The number of hydrogen-bond donors (Lipinski definition) is 3. The summed E-state index contributed by atoms with van der Waals surface area (Å²) in [5, 5.41) is 16.3. The van der Waals surface area contributed by atoms with Crippen LogP contribution in [0.15, 0.2) is 65.0 Å². The van der Waals surface area contributed by atoms with E-state index in [2.05, 4.69) is 10.6 Å². The van der Waals surface area contributed by atoms with Crippen LogP contribution >= 0.6 is 0 Å². The molecule has 1 aliphatic carbocycles. The number of phenols is 1. The number of amides is 1. The van der Waals surface area contributed by atoms with Crippen LogP contribution in [0, 0.1) is 0 Å². The maximum absolute atomic E-state index is 13.6. The highest BCUT2D eigenvalue weighted by atomic mass is 16.5. The summed E-state index contributed by atoms with van der Waals surface area (Å²) < 4.78 is 10.7. The van der Waals surface area contributed by atoms with Crippen LogP contribution < -0.4 is 20.1 Å². The van der Waals surface area contributed by atoms with Crippen LogP contribution in [0.2, 0.25) is 0 Å². The van der Waals surface area contributed by atoms with Gasteiger partial charge in [-0.05, 0) is 49.6 Å². The number of carbonyl (C=O) groups excluding carboxylic acids is 2. The molecule has 7 heteroatoms. The van der Waals surface area contributed by atoms with E-state index in [9.17, 15) is 14.7 Å². The third-order valence-electron chi connectivity index (χ3n) is 5.91. The zero-order chi connectivity index (χ0) is 22.8. The first-order valence-electron chi connectivity index (χ1n) is 10.5. The standard InChI is InChI=1S/C25H26N2O5/c1-14-22(25(30)27-16-7-4-5-10-20(16)31-2)23(15-11-12-18(28)21(13-15)32-3)24-17(26-14)8-6-9-19(24)29/h4-5,7,10-13,23,26,28H,6,8-9H2,1-3H3,(H,27,30). The van der Waals surface area contributed by atoms with Crippen LogP contribution in [-0.2, 0) is 9.59 Å². The lowest BCUT2D eigenvalue weighted by Crippen LogP contribution is -2.35. The van der Waals surface area contributed by atoms with Crippen molar-refractivity contribution in [3.8, 4) is 17.2 Å². The summed E-state index contributed by atoms with van der Waals surface area (Å²) in [5.41, 5.74) is 3.82. The molecular formula is C25H26N2O5. The van der Waals surface area contributed by atoms with Gasteiger partial charge in [0.15, 0.2) is 17.3 Å². The normalized spacial score (nSPS) is 18.1. The number of anilines is 1. The highest BCUT2D eigenvalue weighted by molar-refractivity contribution is 6.10. The van der Waals surface area contributed by atoms with Gasteiger partial charge in [0.05, 0.1) is 19.9 Å². The average Bonchev–Trinajstić information content (AvgIpc) is 2.79. The Morgan fingerprint density at radius 2 is 1.84 bits per heavy atom. The molecule has 0 saturated heterocycles. The van der Waals surface area contributed by atoms with Crippen molar-refractivity contribution in [3.05, 3.63) is 70.6 Å².